The van der Waals surface area contributed by atoms with Gasteiger partial charge in [0.25, 0.3) is 0 Å². The fourth-order valence-corrected chi connectivity index (χ4v) is 8.26. The fraction of sp³-hybridized carbons (Fsp3) is 0.176. The van der Waals surface area contributed by atoms with Crippen LogP contribution in [0.3, 0.4) is 0 Å². The van der Waals surface area contributed by atoms with E-state index in [1.54, 1.807) is 35.0 Å². The smallest absolute Gasteiger partial charge is 0.416 e. The Labute approximate surface area is 442 Å². The van der Waals surface area contributed by atoms with Gasteiger partial charge in [0.1, 0.15) is 17.6 Å². The number of carbonyl (C=O) groups excluding carboxylic acids is 2. The second-order valence-corrected chi connectivity index (χ2v) is 17.5. The third-order valence-electron chi connectivity index (χ3n) is 11.9. The van der Waals surface area contributed by atoms with Crippen LogP contribution in [0.5, 0.6) is 11.5 Å². The molecule has 0 bridgehead atoms. The highest BCUT2D eigenvalue weighted by Gasteiger charge is 2.47. The molecule has 7 aromatic rings. The van der Waals surface area contributed by atoms with E-state index in [1.165, 1.54) is 36.7 Å². The number of ketones is 1. The van der Waals surface area contributed by atoms with Gasteiger partial charge in [-0.05, 0) is 48.5 Å². The largest absolute Gasteiger partial charge is 0.508 e. The van der Waals surface area contributed by atoms with Crippen LogP contribution in [-0.4, -0.2) is 28.0 Å². The summed E-state index contributed by atoms with van der Waals surface area (Å²) in [6, 6.07) is 5.89. The first-order valence-electron chi connectivity index (χ1n) is 22.2. The van der Waals surface area contributed by atoms with E-state index in [2.05, 4.69) is 4.98 Å². The van der Waals surface area contributed by atoms with E-state index in [1.807, 2.05) is 6.07 Å². The molecule has 0 fully saturated rings. The standard InChI is InChI=1S/C32H12BF24.C19H14N2O4/c34-25(35,36)13-1-14(26(37,38)39)6-21(5-13)33(22-7-15(27(40,41)42)2-16(8-22)28(43,44)45,23-9-17(29(46,47)48)3-18(10-23)30(49,50)51)24-11-19(31(52,53)54)4-20(12-24)32(55,56)57;22-15-6-8-16(9-7-15)25-19(24)17-12-21(11-10-20-17)13-18(23)14-4-2-1-3-5-14/h1-12H;1-12H,13H2/q-1;/p+1. The van der Waals surface area contributed by atoms with Gasteiger partial charge < -0.3 is 9.84 Å². The van der Waals surface area contributed by atoms with Gasteiger partial charge in [0, 0.05) is 5.56 Å². The van der Waals surface area contributed by atoms with Gasteiger partial charge in [-0.2, -0.15) is 132 Å². The van der Waals surface area contributed by atoms with Gasteiger partial charge >= 0.3 is 55.4 Å². The Morgan fingerprint density at radius 3 is 1.00 bits per heavy atom. The molecule has 6 nitrogen and oxygen atoms in total. The minimum absolute atomic E-state index is 0.0744. The van der Waals surface area contributed by atoms with Gasteiger partial charge in [-0.1, -0.05) is 78.9 Å². The zero-order chi connectivity index (χ0) is 61.6. The van der Waals surface area contributed by atoms with E-state index in [9.17, 15) is 120 Å². The Morgan fingerprint density at radius 1 is 0.427 bits per heavy atom. The molecule has 0 atom stereocenters. The van der Waals surface area contributed by atoms with E-state index in [-0.39, 0.29) is 23.8 Å². The number of esters is 1. The molecule has 31 heteroatoms. The first kappa shape index (κ1) is 62.9. The normalized spacial score (nSPS) is 13.1. The number of carbonyl (C=O) groups is 2. The number of alkyl halides is 24. The van der Waals surface area contributed by atoms with Crippen molar-refractivity contribution in [3.05, 3.63) is 202 Å². The van der Waals surface area contributed by atoms with Crippen LogP contribution in [0.2, 0.25) is 0 Å². The summed E-state index contributed by atoms with van der Waals surface area (Å²) in [5.41, 5.74) is -29.5. The highest BCUT2D eigenvalue weighted by atomic mass is 19.4. The molecule has 0 aliphatic rings. The molecule has 0 aliphatic heterocycles. The lowest BCUT2D eigenvalue weighted by Crippen LogP contribution is -2.75. The van der Waals surface area contributed by atoms with Crippen LogP contribution >= 0.6 is 0 Å². The van der Waals surface area contributed by atoms with E-state index in [4.69, 9.17) is 4.74 Å². The highest BCUT2D eigenvalue weighted by Crippen LogP contribution is 2.41. The number of hydrogen-bond acceptors (Lipinski definition) is 5. The van der Waals surface area contributed by atoms with E-state index in [0.29, 0.717) is 11.3 Å². The first-order chi connectivity index (χ1) is 37.4. The summed E-state index contributed by atoms with van der Waals surface area (Å²) in [4.78, 5) is 28.4. The Hall–Kier alpha value is -8.28. The molecule has 0 saturated carbocycles. The van der Waals surface area contributed by atoms with Crippen molar-refractivity contribution in [3.63, 3.8) is 0 Å². The maximum Gasteiger partial charge on any atom is 0.416 e. The molecule has 0 spiro atoms. The summed E-state index contributed by atoms with van der Waals surface area (Å²) in [5, 5.41) is 9.23. The number of hydrogen-bond donors (Lipinski definition) is 1. The summed E-state index contributed by atoms with van der Waals surface area (Å²) in [6.07, 6.45) is -50.3. The quantitative estimate of drug-likeness (QED) is 0.0389. The average molecular weight is 1200 g/mol. The topological polar surface area (TPSA) is 80.4 Å². The molecule has 0 saturated heterocycles. The average Bonchev–Trinajstić information content (AvgIpc) is 1.94. The zero-order valence-corrected chi connectivity index (χ0v) is 39.8. The zero-order valence-electron chi connectivity index (χ0n) is 39.8. The molecule has 1 N–H and O–H groups in total. The first-order valence-corrected chi connectivity index (χ1v) is 22.2. The third-order valence-corrected chi connectivity index (χ3v) is 11.9. The van der Waals surface area contributed by atoms with E-state index in [0.717, 1.165) is 0 Å². The number of aromatic nitrogens is 2. The number of phenolic OH excluding ortho intramolecular Hbond substituents is 1. The number of rotatable bonds is 9. The summed E-state index contributed by atoms with van der Waals surface area (Å²) in [5.74, 6) is -0.350. The van der Waals surface area contributed by atoms with E-state index >= 15 is 0 Å². The molecule has 1 aromatic heterocycles. The number of Topliss-reactive ketones (excluding diaryl/α,β-unsaturated/α-hetero) is 1. The molecular weight excluding hydrogens is 1170 g/mol. The monoisotopic (exact) mass is 1200 g/mol. The summed E-state index contributed by atoms with van der Waals surface area (Å²) >= 11 is 0. The molecule has 1 heterocycles. The lowest BCUT2D eigenvalue weighted by molar-refractivity contribution is -0.683. The van der Waals surface area contributed by atoms with Crippen LogP contribution in [0.25, 0.3) is 0 Å². The Kier molecular flexibility index (Phi) is 17.1. The van der Waals surface area contributed by atoms with Crippen molar-refractivity contribution in [2.75, 3.05) is 0 Å². The number of aromatic hydroxyl groups is 1. The summed E-state index contributed by atoms with van der Waals surface area (Å²) < 4.78 is 348. The molecule has 7 rings (SSSR count). The maximum absolute atomic E-state index is 14.2. The van der Waals surface area contributed by atoms with Crippen molar-refractivity contribution in [2.24, 2.45) is 0 Å². The molecule has 82 heavy (non-hydrogen) atoms. The van der Waals surface area contributed by atoms with E-state index < -0.39 is 201 Å². The van der Waals surface area contributed by atoms with Crippen molar-refractivity contribution >= 4 is 39.7 Å². The predicted octanol–water partition coefficient (Wildman–Crippen LogP) is 13.4. The molecule has 436 valence electrons. The van der Waals surface area contributed by atoms with Crippen LogP contribution in [0.4, 0.5) is 105 Å². The lowest BCUT2D eigenvalue weighted by atomic mass is 9.12. The third kappa shape index (κ3) is 14.8. The Balaban J connectivity index is 0.000000357. The number of phenols is 1. The molecular formula is C51H27BF24N2O4. The van der Waals surface area contributed by atoms with Crippen LogP contribution in [0, 0.1) is 0 Å². The van der Waals surface area contributed by atoms with Gasteiger partial charge in [-0.25, -0.2) is 9.78 Å². The Morgan fingerprint density at radius 2 is 0.720 bits per heavy atom. The van der Waals surface area contributed by atoms with Crippen molar-refractivity contribution in [1.82, 2.24) is 4.98 Å². The Bertz CT molecular complexity index is 3030. The van der Waals surface area contributed by atoms with Gasteiger partial charge in [0.2, 0.25) is 24.2 Å². The number of benzene rings is 6. The molecule has 0 radical (unpaired) electrons. The second kappa shape index (κ2) is 22.2. The predicted molar refractivity (Wildman–Crippen MR) is 238 cm³/mol. The fourth-order valence-electron chi connectivity index (χ4n) is 8.26. The van der Waals surface area contributed by atoms with Crippen LogP contribution < -0.4 is 31.2 Å². The number of ether oxygens (including phenoxy) is 1. The minimum Gasteiger partial charge on any atom is -0.508 e. The van der Waals surface area contributed by atoms with Crippen LogP contribution in [-0.2, 0) is 56.0 Å². The second-order valence-electron chi connectivity index (χ2n) is 17.5. The van der Waals surface area contributed by atoms with Crippen molar-refractivity contribution in [1.29, 1.82) is 0 Å². The van der Waals surface area contributed by atoms with Crippen LogP contribution in [0.15, 0.2) is 146 Å². The summed E-state index contributed by atoms with van der Waals surface area (Å²) in [6.45, 7) is 0.0893. The van der Waals surface area contributed by atoms with Crippen molar-refractivity contribution in [2.45, 2.75) is 56.0 Å². The van der Waals surface area contributed by atoms with Gasteiger partial charge in [0.15, 0.2) is 6.20 Å². The molecule has 0 unspecified atom stereocenters. The van der Waals surface area contributed by atoms with Gasteiger partial charge in [-0.15, -0.1) is 0 Å². The SMILES string of the molecule is FC(F)(F)c1cc([B-](c2cc(C(F)(F)F)cc(C(F)(F)F)c2)(c2cc(C(F)(F)F)cc(C(F)(F)F)c2)c2cc(C(F)(F)F)cc(C(F)(F)F)c2)cc(C(F)(F)F)c1.O=C(C[n+]1ccnc(C(=O)Oc2ccc(O)cc2)c1)c1ccccc1. The molecule has 6 aromatic carbocycles. The molecule has 0 aliphatic carbocycles. The molecule has 0 amide bonds. The van der Waals surface area contributed by atoms with Crippen LogP contribution in [0.1, 0.15) is 65.4 Å². The highest BCUT2D eigenvalue weighted by molar-refractivity contribution is 7.20. The number of nitrogens with zero attached hydrogens (tertiary/aromatic N) is 2. The summed E-state index contributed by atoms with van der Waals surface area (Å²) in [7, 11) is 0. The maximum atomic E-state index is 14.2. The van der Waals surface area contributed by atoms with Crippen molar-refractivity contribution in [3.8, 4) is 11.5 Å². The lowest BCUT2D eigenvalue weighted by Gasteiger charge is -2.46. The number of halogens is 24. The minimum atomic E-state index is -6.13. The van der Waals surface area contributed by atoms with Crippen molar-refractivity contribution < 1.29 is 129 Å². The van der Waals surface area contributed by atoms with Gasteiger partial charge in [-0.3, -0.25) is 4.79 Å². The van der Waals surface area contributed by atoms with Gasteiger partial charge in [0.05, 0.1) is 50.7 Å².